The van der Waals surface area contributed by atoms with Crippen molar-refractivity contribution >= 4 is 17.4 Å². The Hall–Kier alpha value is -1.80. The maximum absolute atomic E-state index is 12.5. The number of rotatable bonds is 2. The van der Waals surface area contributed by atoms with E-state index in [9.17, 15) is 4.79 Å². The Labute approximate surface area is 117 Å². The first-order chi connectivity index (χ1) is 9.25. The Morgan fingerprint density at radius 2 is 1.89 bits per heavy atom. The second-order valence-corrected chi connectivity index (χ2v) is 5.02. The van der Waals surface area contributed by atoms with Crippen molar-refractivity contribution < 1.29 is 9.53 Å². The summed E-state index contributed by atoms with van der Waals surface area (Å²) >= 11 is 5.84. The molecule has 1 aliphatic heterocycles. The second kappa shape index (κ2) is 5.06. The van der Waals surface area contributed by atoms with E-state index in [-0.39, 0.29) is 5.78 Å². The summed E-state index contributed by atoms with van der Waals surface area (Å²) in [5, 5.41) is 0.628. The lowest BCUT2D eigenvalue weighted by Gasteiger charge is -2.19. The van der Waals surface area contributed by atoms with Crippen LogP contribution >= 0.6 is 11.6 Å². The highest BCUT2D eigenvalue weighted by molar-refractivity contribution is 6.30. The summed E-state index contributed by atoms with van der Waals surface area (Å²) in [6.45, 7) is 0.678. The maximum atomic E-state index is 12.5. The first-order valence-electron chi connectivity index (χ1n) is 6.30. The Morgan fingerprint density at radius 3 is 2.68 bits per heavy atom. The van der Waals surface area contributed by atoms with E-state index in [2.05, 4.69) is 0 Å². The zero-order valence-electron chi connectivity index (χ0n) is 10.4. The van der Waals surface area contributed by atoms with Gasteiger partial charge >= 0.3 is 0 Å². The van der Waals surface area contributed by atoms with Crippen LogP contribution in [0.3, 0.4) is 0 Å². The minimum Gasteiger partial charge on any atom is -0.493 e. The molecule has 0 N–H and O–H groups in total. The lowest BCUT2D eigenvalue weighted by molar-refractivity contribution is 0.103. The van der Waals surface area contributed by atoms with E-state index in [0.29, 0.717) is 22.8 Å². The van der Waals surface area contributed by atoms with Crippen LogP contribution in [0, 0.1) is 0 Å². The molecule has 0 amide bonds. The van der Waals surface area contributed by atoms with Crippen molar-refractivity contribution in [3.05, 3.63) is 64.2 Å². The van der Waals surface area contributed by atoms with Gasteiger partial charge in [-0.25, -0.2) is 0 Å². The van der Waals surface area contributed by atoms with Crippen molar-refractivity contribution in [1.29, 1.82) is 0 Å². The number of carbonyl (C=O) groups excluding carboxylic acids is 1. The van der Waals surface area contributed by atoms with Gasteiger partial charge in [0.2, 0.25) is 0 Å². The number of fused-ring (bicyclic) bond motifs is 1. The van der Waals surface area contributed by atoms with Crippen molar-refractivity contribution in [3.8, 4) is 5.75 Å². The van der Waals surface area contributed by atoms with E-state index in [0.717, 1.165) is 24.2 Å². The van der Waals surface area contributed by atoms with Gasteiger partial charge in [0.15, 0.2) is 5.78 Å². The van der Waals surface area contributed by atoms with Crippen molar-refractivity contribution in [2.75, 3.05) is 6.61 Å². The molecule has 2 aromatic rings. The molecule has 3 rings (SSSR count). The minimum atomic E-state index is -0.0181. The monoisotopic (exact) mass is 272 g/mol. The Kier molecular flexibility index (Phi) is 3.26. The molecule has 2 nitrogen and oxygen atoms in total. The van der Waals surface area contributed by atoms with E-state index >= 15 is 0 Å². The smallest absolute Gasteiger partial charge is 0.196 e. The van der Waals surface area contributed by atoms with Crippen LogP contribution in [0.4, 0.5) is 0 Å². The van der Waals surface area contributed by atoms with Gasteiger partial charge in [-0.2, -0.15) is 0 Å². The third-order valence-corrected chi connectivity index (χ3v) is 3.54. The normalized spacial score (nSPS) is 13.5. The van der Waals surface area contributed by atoms with Crippen LogP contribution in [-0.2, 0) is 6.42 Å². The molecule has 0 atom stereocenters. The molecule has 19 heavy (non-hydrogen) atoms. The number of ether oxygens (including phenoxy) is 1. The van der Waals surface area contributed by atoms with Gasteiger partial charge in [0.05, 0.1) is 12.2 Å². The number of hydrogen-bond donors (Lipinski definition) is 0. The zero-order valence-corrected chi connectivity index (χ0v) is 11.1. The Balaban J connectivity index is 2.02. The third-order valence-electron chi connectivity index (χ3n) is 3.28. The van der Waals surface area contributed by atoms with E-state index in [1.54, 1.807) is 24.3 Å². The van der Waals surface area contributed by atoms with Crippen molar-refractivity contribution in [2.24, 2.45) is 0 Å². The number of para-hydroxylation sites is 1. The highest BCUT2D eigenvalue weighted by atomic mass is 35.5. The summed E-state index contributed by atoms with van der Waals surface area (Å²) in [5.74, 6) is 0.726. The van der Waals surface area contributed by atoms with Gasteiger partial charge in [-0.05, 0) is 48.7 Å². The fourth-order valence-corrected chi connectivity index (χ4v) is 2.45. The average molecular weight is 273 g/mol. The van der Waals surface area contributed by atoms with Gasteiger partial charge in [-0.15, -0.1) is 0 Å². The lowest BCUT2D eigenvalue weighted by Crippen LogP contribution is -2.13. The molecule has 0 radical (unpaired) electrons. The van der Waals surface area contributed by atoms with Crippen LogP contribution in [0.2, 0.25) is 5.02 Å². The number of hydrogen-bond acceptors (Lipinski definition) is 2. The second-order valence-electron chi connectivity index (χ2n) is 4.58. The highest BCUT2D eigenvalue weighted by Gasteiger charge is 2.19. The predicted octanol–water partition coefficient (Wildman–Crippen LogP) is 3.90. The van der Waals surface area contributed by atoms with Crippen LogP contribution in [0.1, 0.15) is 27.9 Å². The lowest BCUT2D eigenvalue weighted by atomic mass is 9.97. The summed E-state index contributed by atoms with van der Waals surface area (Å²) in [5.41, 5.74) is 2.39. The van der Waals surface area contributed by atoms with Crippen LogP contribution in [0.5, 0.6) is 5.75 Å². The Bertz CT molecular complexity index is 617. The van der Waals surface area contributed by atoms with Gasteiger partial charge in [-0.3, -0.25) is 4.79 Å². The van der Waals surface area contributed by atoms with Crippen LogP contribution in [0.25, 0.3) is 0 Å². The zero-order chi connectivity index (χ0) is 13.2. The number of carbonyl (C=O) groups is 1. The minimum absolute atomic E-state index is 0.0181. The average Bonchev–Trinajstić information content (AvgIpc) is 2.47. The van der Waals surface area contributed by atoms with E-state index in [1.165, 1.54) is 0 Å². The molecule has 0 spiro atoms. The molecule has 0 saturated carbocycles. The summed E-state index contributed by atoms with van der Waals surface area (Å²) in [6, 6.07) is 12.7. The molecular weight excluding hydrogens is 260 g/mol. The molecule has 0 unspecified atom stereocenters. The summed E-state index contributed by atoms with van der Waals surface area (Å²) in [4.78, 5) is 12.5. The first kappa shape index (κ1) is 12.2. The summed E-state index contributed by atoms with van der Waals surface area (Å²) in [6.07, 6.45) is 1.97. The van der Waals surface area contributed by atoms with Crippen molar-refractivity contribution in [3.63, 3.8) is 0 Å². The fraction of sp³-hybridized carbons (Fsp3) is 0.188. The molecule has 0 saturated heterocycles. The van der Waals surface area contributed by atoms with E-state index in [1.807, 2.05) is 18.2 Å². The van der Waals surface area contributed by atoms with Crippen LogP contribution < -0.4 is 4.74 Å². The highest BCUT2D eigenvalue weighted by Crippen LogP contribution is 2.30. The Morgan fingerprint density at radius 1 is 1.11 bits per heavy atom. The van der Waals surface area contributed by atoms with Gasteiger partial charge in [0.25, 0.3) is 0 Å². The summed E-state index contributed by atoms with van der Waals surface area (Å²) in [7, 11) is 0. The quantitative estimate of drug-likeness (QED) is 0.775. The number of aryl methyl sites for hydroxylation is 1. The predicted molar refractivity (Wildman–Crippen MR) is 75.1 cm³/mol. The number of ketones is 1. The molecule has 3 heteroatoms. The molecular formula is C16H13ClO2. The van der Waals surface area contributed by atoms with Gasteiger partial charge in [0, 0.05) is 10.6 Å². The largest absolute Gasteiger partial charge is 0.493 e. The molecule has 0 bridgehead atoms. The molecule has 1 heterocycles. The van der Waals surface area contributed by atoms with Gasteiger partial charge < -0.3 is 4.74 Å². The molecule has 1 aliphatic rings. The van der Waals surface area contributed by atoms with Crippen molar-refractivity contribution in [2.45, 2.75) is 12.8 Å². The van der Waals surface area contributed by atoms with Gasteiger partial charge in [-0.1, -0.05) is 23.7 Å². The topological polar surface area (TPSA) is 26.3 Å². The molecule has 2 aromatic carbocycles. The third kappa shape index (κ3) is 2.36. The van der Waals surface area contributed by atoms with Crippen LogP contribution in [0.15, 0.2) is 42.5 Å². The van der Waals surface area contributed by atoms with E-state index < -0.39 is 0 Å². The van der Waals surface area contributed by atoms with E-state index in [4.69, 9.17) is 16.3 Å². The molecule has 96 valence electrons. The molecule has 0 aliphatic carbocycles. The first-order valence-corrected chi connectivity index (χ1v) is 6.68. The van der Waals surface area contributed by atoms with Crippen molar-refractivity contribution in [1.82, 2.24) is 0 Å². The summed E-state index contributed by atoms with van der Waals surface area (Å²) < 4.78 is 5.67. The maximum Gasteiger partial charge on any atom is 0.196 e. The fourth-order valence-electron chi connectivity index (χ4n) is 2.32. The number of benzene rings is 2. The molecule has 0 aromatic heterocycles. The van der Waals surface area contributed by atoms with Crippen LogP contribution in [-0.4, -0.2) is 12.4 Å². The molecule has 0 fully saturated rings. The number of halogens is 1. The van der Waals surface area contributed by atoms with Gasteiger partial charge in [0.1, 0.15) is 5.75 Å². The standard InChI is InChI=1S/C16H13ClO2/c17-13-8-6-11(7-9-13)15(18)14-5-1-3-12-4-2-10-19-16(12)14/h1,3,5-9H,2,4,10H2. The SMILES string of the molecule is O=C(c1ccc(Cl)cc1)c1cccc2c1OCCC2.